The van der Waals surface area contributed by atoms with Crippen LogP contribution in [0.4, 0.5) is 23.4 Å². The van der Waals surface area contributed by atoms with Gasteiger partial charge in [0.1, 0.15) is 18.0 Å². The number of nitrogens with zero attached hydrogens (tertiary/aromatic N) is 4. The number of halogens is 4. The van der Waals surface area contributed by atoms with E-state index in [0.717, 1.165) is 12.1 Å². The molecule has 0 fully saturated rings. The molecular weight excluding hydrogens is 314 g/mol. The topological polar surface area (TPSA) is 55.6 Å². The van der Waals surface area contributed by atoms with Gasteiger partial charge in [-0.15, -0.1) is 0 Å². The molecular formula is C14H11F4N5. The summed E-state index contributed by atoms with van der Waals surface area (Å²) in [5.74, 6) is -0.571. The van der Waals surface area contributed by atoms with Crippen molar-refractivity contribution < 1.29 is 17.6 Å². The van der Waals surface area contributed by atoms with E-state index in [0.29, 0.717) is 22.9 Å². The van der Waals surface area contributed by atoms with Gasteiger partial charge in [0, 0.05) is 13.6 Å². The molecule has 2 aromatic heterocycles. The zero-order valence-corrected chi connectivity index (χ0v) is 11.9. The van der Waals surface area contributed by atoms with Crippen molar-refractivity contribution in [3.05, 3.63) is 47.7 Å². The van der Waals surface area contributed by atoms with Crippen molar-refractivity contribution in [3.8, 4) is 0 Å². The van der Waals surface area contributed by atoms with Gasteiger partial charge in [-0.2, -0.15) is 18.3 Å². The minimum atomic E-state index is -4.63. The van der Waals surface area contributed by atoms with E-state index in [1.807, 2.05) is 0 Å². The first-order chi connectivity index (χ1) is 10.9. The molecule has 0 unspecified atom stereocenters. The van der Waals surface area contributed by atoms with Gasteiger partial charge < -0.3 is 5.32 Å². The fraction of sp³-hybridized carbons (Fsp3) is 0.214. The molecule has 0 radical (unpaired) electrons. The van der Waals surface area contributed by atoms with Gasteiger partial charge >= 0.3 is 6.18 Å². The predicted octanol–water partition coefficient (Wildman–Crippen LogP) is 3.13. The van der Waals surface area contributed by atoms with Gasteiger partial charge in [-0.1, -0.05) is 6.07 Å². The zero-order valence-electron chi connectivity index (χ0n) is 11.9. The average Bonchev–Trinajstić information content (AvgIpc) is 2.87. The van der Waals surface area contributed by atoms with Crippen LogP contribution in [0, 0.1) is 5.82 Å². The summed E-state index contributed by atoms with van der Waals surface area (Å²) in [6.07, 6.45) is -1.82. The van der Waals surface area contributed by atoms with Gasteiger partial charge in [-0.25, -0.2) is 14.4 Å². The predicted molar refractivity (Wildman–Crippen MR) is 75.0 cm³/mol. The highest BCUT2D eigenvalue weighted by molar-refractivity contribution is 5.85. The van der Waals surface area contributed by atoms with Crippen LogP contribution in [-0.4, -0.2) is 19.7 Å². The molecule has 0 aliphatic rings. The number of nitrogens with one attached hydrogen (secondary N) is 1. The molecule has 0 spiro atoms. The molecule has 0 aliphatic heterocycles. The third kappa shape index (κ3) is 2.94. The fourth-order valence-corrected chi connectivity index (χ4v) is 2.25. The Morgan fingerprint density at radius 3 is 2.74 bits per heavy atom. The molecule has 0 bridgehead atoms. The van der Waals surface area contributed by atoms with Crippen LogP contribution >= 0.6 is 0 Å². The monoisotopic (exact) mass is 325 g/mol. The van der Waals surface area contributed by atoms with Crippen molar-refractivity contribution in [2.45, 2.75) is 12.7 Å². The summed E-state index contributed by atoms with van der Waals surface area (Å²) in [6.45, 7) is -0.157. The Hall–Kier alpha value is -2.71. The molecule has 1 aromatic carbocycles. The third-order valence-corrected chi connectivity index (χ3v) is 3.35. The van der Waals surface area contributed by atoms with E-state index in [9.17, 15) is 17.6 Å². The normalized spacial score (nSPS) is 11.9. The Labute approximate surface area is 128 Å². The van der Waals surface area contributed by atoms with Gasteiger partial charge in [0.2, 0.25) is 0 Å². The molecule has 2 heterocycles. The van der Waals surface area contributed by atoms with Crippen LogP contribution in [-0.2, 0) is 19.8 Å². The van der Waals surface area contributed by atoms with E-state index in [-0.39, 0.29) is 12.1 Å². The van der Waals surface area contributed by atoms with Gasteiger partial charge in [0.15, 0.2) is 5.65 Å². The van der Waals surface area contributed by atoms with Crippen molar-refractivity contribution >= 4 is 16.9 Å². The SMILES string of the molecule is Cn1ncc2c(NCc3ccc(F)cc3C(F)(F)F)ncnc21. The quantitative estimate of drug-likeness (QED) is 0.752. The minimum absolute atomic E-state index is 0.0745. The second kappa shape index (κ2) is 5.49. The molecule has 1 N–H and O–H groups in total. The van der Waals surface area contributed by atoms with Crippen LogP contribution in [0.2, 0.25) is 0 Å². The average molecular weight is 325 g/mol. The number of aryl methyl sites for hydroxylation is 1. The van der Waals surface area contributed by atoms with Crippen molar-refractivity contribution in [3.63, 3.8) is 0 Å². The first kappa shape index (κ1) is 15.2. The second-order valence-electron chi connectivity index (χ2n) is 4.88. The van der Waals surface area contributed by atoms with Gasteiger partial charge in [0.05, 0.1) is 17.1 Å². The van der Waals surface area contributed by atoms with Gasteiger partial charge in [0.25, 0.3) is 0 Å². The van der Waals surface area contributed by atoms with Crippen LogP contribution in [0.25, 0.3) is 11.0 Å². The van der Waals surface area contributed by atoms with Crippen LogP contribution in [0.15, 0.2) is 30.7 Å². The number of hydrogen-bond donors (Lipinski definition) is 1. The lowest BCUT2D eigenvalue weighted by Gasteiger charge is -2.14. The summed E-state index contributed by atoms with van der Waals surface area (Å²) in [6, 6.07) is 2.58. The number of hydrogen-bond acceptors (Lipinski definition) is 4. The Bertz CT molecular complexity index is 856. The standard InChI is InChI=1S/C14H11F4N5/c1-23-13-10(6-22-23)12(20-7-21-13)19-5-8-2-3-9(15)4-11(8)14(16,17)18/h2-4,6-7H,5H2,1H3,(H,19,20,21). The highest BCUT2D eigenvalue weighted by Crippen LogP contribution is 2.33. The molecule has 23 heavy (non-hydrogen) atoms. The van der Waals surface area contributed by atoms with Crippen LogP contribution in [0.1, 0.15) is 11.1 Å². The fourth-order valence-electron chi connectivity index (χ4n) is 2.25. The van der Waals surface area contributed by atoms with E-state index < -0.39 is 17.6 Å². The zero-order chi connectivity index (χ0) is 16.6. The first-order valence-corrected chi connectivity index (χ1v) is 6.58. The summed E-state index contributed by atoms with van der Waals surface area (Å²) >= 11 is 0. The third-order valence-electron chi connectivity index (χ3n) is 3.35. The Morgan fingerprint density at radius 1 is 1.22 bits per heavy atom. The van der Waals surface area contributed by atoms with Crippen molar-refractivity contribution in [1.82, 2.24) is 19.7 Å². The molecule has 3 rings (SSSR count). The van der Waals surface area contributed by atoms with E-state index in [2.05, 4.69) is 20.4 Å². The van der Waals surface area contributed by atoms with Crippen LogP contribution in [0.5, 0.6) is 0 Å². The molecule has 0 saturated heterocycles. The van der Waals surface area contributed by atoms with Gasteiger partial charge in [-0.05, 0) is 17.7 Å². The lowest BCUT2D eigenvalue weighted by atomic mass is 10.1. The Kier molecular flexibility index (Phi) is 3.63. The maximum Gasteiger partial charge on any atom is 0.416 e. The number of rotatable bonds is 3. The van der Waals surface area contributed by atoms with Crippen molar-refractivity contribution in [2.24, 2.45) is 7.05 Å². The number of fused-ring (bicyclic) bond motifs is 1. The summed E-state index contributed by atoms with van der Waals surface area (Å²) in [5, 5.41) is 7.44. The first-order valence-electron chi connectivity index (χ1n) is 6.58. The smallest absolute Gasteiger partial charge is 0.365 e. The summed E-state index contributed by atoms with van der Waals surface area (Å²) in [7, 11) is 1.70. The lowest BCUT2D eigenvalue weighted by Crippen LogP contribution is -2.13. The summed E-state index contributed by atoms with van der Waals surface area (Å²) in [5.41, 5.74) is -0.534. The van der Waals surface area contributed by atoms with E-state index in [4.69, 9.17) is 0 Å². The summed E-state index contributed by atoms with van der Waals surface area (Å²) in [4.78, 5) is 8.06. The lowest BCUT2D eigenvalue weighted by molar-refractivity contribution is -0.138. The molecule has 120 valence electrons. The highest BCUT2D eigenvalue weighted by Gasteiger charge is 2.33. The number of anilines is 1. The number of aromatic nitrogens is 4. The Morgan fingerprint density at radius 2 is 2.00 bits per heavy atom. The van der Waals surface area contributed by atoms with Gasteiger partial charge in [-0.3, -0.25) is 4.68 Å². The summed E-state index contributed by atoms with van der Waals surface area (Å²) < 4.78 is 53.6. The molecule has 0 atom stereocenters. The Balaban J connectivity index is 1.91. The van der Waals surface area contributed by atoms with E-state index >= 15 is 0 Å². The molecule has 0 saturated carbocycles. The second-order valence-corrected chi connectivity index (χ2v) is 4.88. The molecule has 3 aromatic rings. The van der Waals surface area contributed by atoms with Crippen molar-refractivity contribution in [1.29, 1.82) is 0 Å². The van der Waals surface area contributed by atoms with E-state index in [1.54, 1.807) is 7.05 Å². The van der Waals surface area contributed by atoms with Crippen LogP contribution < -0.4 is 5.32 Å². The van der Waals surface area contributed by atoms with E-state index in [1.165, 1.54) is 17.2 Å². The maximum absolute atomic E-state index is 13.1. The maximum atomic E-state index is 13.1. The minimum Gasteiger partial charge on any atom is -0.365 e. The molecule has 0 amide bonds. The van der Waals surface area contributed by atoms with Crippen molar-refractivity contribution in [2.75, 3.05) is 5.32 Å². The number of alkyl halides is 3. The molecule has 9 heteroatoms. The molecule has 0 aliphatic carbocycles. The number of benzene rings is 1. The molecule has 5 nitrogen and oxygen atoms in total. The largest absolute Gasteiger partial charge is 0.416 e. The highest BCUT2D eigenvalue weighted by atomic mass is 19.4. The van der Waals surface area contributed by atoms with Crippen LogP contribution in [0.3, 0.4) is 0 Å².